The van der Waals surface area contributed by atoms with Gasteiger partial charge in [0, 0.05) is 36.8 Å². The first kappa shape index (κ1) is 9.59. The molecule has 3 aliphatic heterocycles. The molecule has 4 rings (SSSR count). The summed E-state index contributed by atoms with van der Waals surface area (Å²) in [6, 6.07) is 5.13. The molecular formula is C13H15N3O. The highest BCUT2D eigenvalue weighted by Gasteiger charge is 2.56. The largest absolute Gasteiger partial charge is 0.387 e. The summed E-state index contributed by atoms with van der Waals surface area (Å²) in [6.07, 6.45) is 8.19. The molecule has 1 aromatic heterocycles. The first-order chi connectivity index (χ1) is 8.36. The lowest BCUT2D eigenvalue weighted by molar-refractivity contribution is -0.0358. The van der Waals surface area contributed by atoms with E-state index in [-0.39, 0.29) is 5.60 Å². The van der Waals surface area contributed by atoms with E-state index in [9.17, 15) is 0 Å². The van der Waals surface area contributed by atoms with Crippen molar-refractivity contribution in [2.24, 2.45) is 5.16 Å². The van der Waals surface area contributed by atoms with Gasteiger partial charge in [0.15, 0.2) is 5.60 Å². The molecule has 2 fully saturated rings. The molecule has 2 bridgehead atoms. The number of oxime groups is 1. The van der Waals surface area contributed by atoms with Gasteiger partial charge in [0.2, 0.25) is 0 Å². The Morgan fingerprint density at radius 3 is 3.12 bits per heavy atom. The van der Waals surface area contributed by atoms with Crippen molar-refractivity contribution in [3.63, 3.8) is 0 Å². The van der Waals surface area contributed by atoms with Gasteiger partial charge >= 0.3 is 0 Å². The van der Waals surface area contributed by atoms with Gasteiger partial charge in [-0.2, -0.15) is 0 Å². The van der Waals surface area contributed by atoms with Crippen LogP contribution in [0.4, 0.5) is 0 Å². The molecule has 0 radical (unpaired) electrons. The molecule has 0 amide bonds. The number of hydrogen-bond acceptors (Lipinski definition) is 4. The summed E-state index contributed by atoms with van der Waals surface area (Å²) in [4.78, 5) is 9.94. The maximum absolute atomic E-state index is 5.80. The highest BCUT2D eigenvalue weighted by atomic mass is 16.7. The first-order valence-corrected chi connectivity index (χ1v) is 6.27. The zero-order valence-electron chi connectivity index (χ0n) is 9.60. The Morgan fingerprint density at radius 2 is 2.41 bits per heavy atom. The summed E-state index contributed by atoms with van der Waals surface area (Å²) < 4.78 is 0. The number of nitrogens with zero attached hydrogens (tertiary/aromatic N) is 2. The molecule has 4 heterocycles. The van der Waals surface area contributed by atoms with Gasteiger partial charge in [0.05, 0.1) is 11.8 Å². The zero-order valence-corrected chi connectivity index (χ0v) is 9.60. The van der Waals surface area contributed by atoms with Crippen molar-refractivity contribution in [3.05, 3.63) is 30.1 Å². The smallest absolute Gasteiger partial charge is 0.160 e. The van der Waals surface area contributed by atoms with Gasteiger partial charge in [-0.25, -0.2) is 0 Å². The average molecular weight is 229 g/mol. The van der Waals surface area contributed by atoms with Crippen LogP contribution >= 0.6 is 0 Å². The second-order valence-corrected chi connectivity index (χ2v) is 5.31. The van der Waals surface area contributed by atoms with E-state index in [2.05, 4.69) is 21.5 Å². The van der Waals surface area contributed by atoms with E-state index in [1.807, 2.05) is 12.3 Å². The zero-order chi connectivity index (χ0) is 11.3. The molecule has 1 N–H and O–H groups in total. The van der Waals surface area contributed by atoms with Crippen molar-refractivity contribution in [1.82, 2.24) is 10.3 Å². The van der Waals surface area contributed by atoms with Gasteiger partial charge < -0.3 is 10.2 Å². The van der Waals surface area contributed by atoms with Crippen LogP contribution in [0.1, 0.15) is 31.2 Å². The van der Waals surface area contributed by atoms with Gasteiger partial charge in [-0.15, -0.1) is 0 Å². The predicted octanol–water partition coefficient (Wildman–Crippen LogP) is 1.47. The third-order valence-corrected chi connectivity index (χ3v) is 4.27. The molecule has 1 aromatic rings. The van der Waals surface area contributed by atoms with Crippen LogP contribution in [0.2, 0.25) is 0 Å². The Morgan fingerprint density at radius 1 is 1.41 bits per heavy atom. The summed E-state index contributed by atoms with van der Waals surface area (Å²) in [5.74, 6) is 0. The molecule has 1 spiro atoms. The van der Waals surface area contributed by atoms with Crippen molar-refractivity contribution < 1.29 is 4.84 Å². The van der Waals surface area contributed by atoms with Gasteiger partial charge in [0.25, 0.3) is 0 Å². The van der Waals surface area contributed by atoms with E-state index in [0.29, 0.717) is 12.1 Å². The van der Waals surface area contributed by atoms with Gasteiger partial charge in [0.1, 0.15) is 0 Å². The number of rotatable bonds is 1. The van der Waals surface area contributed by atoms with Crippen LogP contribution in [0.15, 0.2) is 29.7 Å². The molecule has 3 unspecified atom stereocenters. The summed E-state index contributed by atoms with van der Waals surface area (Å²) in [7, 11) is 0. The van der Waals surface area contributed by atoms with E-state index < -0.39 is 0 Å². The molecule has 17 heavy (non-hydrogen) atoms. The minimum absolute atomic E-state index is 0.0614. The quantitative estimate of drug-likeness (QED) is 0.793. The van der Waals surface area contributed by atoms with Crippen molar-refractivity contribution in [2.45, 2.75) is 43.4 Å². The normalized spacial score (nSPS) is 38.5. The van der Waals surface area contributed by atoms with E-state index in [4.69, 9.17) is 4.84 Å². The SMILES string of the molecule is c1cncc(C2=NOC3(C2)CC2CCC3N2)c1. The number of hydrogen-bond donors (Lipinski definition) is 1. The number of aromatic nitrogens is 1. The lowest BCUT2D eigenvalue weighted by Crippen LogP contribution is -2.42. The number of pyridine rings is 1. The Hall–Kier alpha value is -1.42. The fourth-order valence-corrected chi connectivity index (χ4v) is 3.43. The number of nitrogens with one attached hydrogen (secondary N) is 1. The van der Waals surface area contributed by atoms with Gasteiger partial charge in [-0.05, 0) is 25.0 Å². The van der Waals surface area contributed by atoms with Gasteiger partial charge in [-0.3, -0.25) is 4.98 Å². The van der Waals surface area contributed by atoms with Crippen LogP contribution in [0.25, 0.3) is 0 Å². The maximum atomic E-state index is 5.80. The van der Waals surface area contributed by atoms with E-state index in [0.717, 1.165) is 24.1 Å². The fourth-order valence-electron chi connectivity index (χ4n) is 3.43. The standard InChI is InChI=1S/C13H15N3O/c1-2-9(8-14-5-1)11-7-13(17-16-11)6-10-3-4-12(13)15-10/h1-2,5,8,10,12,15H,3-4,6-7H2. The number of fused-ring (bicyclic) bond motifs is 3. The van der Waals surface area contributed by atoms with E-state index in [1.54, 1.807) is 6.20 Å². The van der Waals surface area contributed by atoms with Crippen LogP contribution in [0, 0.1) is 0 Å². The molecule has 4 heteroatoms. The van der Waals surface area contributed by atoms with E-state index >= 15 is 0 Å². The molecule has 0 aliphatic carbocycles. The molecule has 3 aliphatic rings. The van der Waals surface area contributed by atoms with Crippen LogP contribution in [-0.2, 0) is 4.84 Å². The van der Waals surface area contributed by atoms with Crippen LogP contribution in [0.5, 0.6) is 0 Å². The van der Waals surface area contributed by atoms with Gasteiger partial charge in [-0.1, -0.05) is 5.16 Å². The lowest BCUT2D eigenvalue weighted by atomic mass is 9.81. The summed E-state index contributed by atoms with van der Waals surface area (Å²) in [6.45, 7) is 0. The van der Waals surface area contributed by atoms with E-state index in [1.165, 1.54) is 12.8 Å². The predicted molar refractivity (Wildman–Crippen MR) is 63.8 cm³/mol. The average Bonchev–Trinajstić information content (AvgIpc) is 3.06. The Balaban J connectivity index is 1.60. The summed E-state index contributed by atoms with van der Waals surface area (Å²) >= 11 is 0. The monoisotopic (exact) mass is 229 g/mol. The molecule has 4 nitrogen and oxygen atoms in total. The molecule has 0 aromatic carbocycles. The summed E-state index contributed by atoms with van der Waals surface area (Å²) in [5.41, 5.74) is 2.08. The van der Waals surface area contributed by atoms with Crippen LogP contribution < -0.4 is 5.32 Å². The second kappa shape index (κ2) is 3.29. The Labute approximate surface area is 100 Å². The minimum atomic E-state index is -0.0614. The third-order valence-electron chi connectivity index (χ3n) is 4.27. The highest BCUT2D eigenvalue weighted by Crippen LogP contribution is 2.44. The van der Waals surface area contributed by atoms with Crippen molar-refractivity contribution in [1.29, 1.82) is 0 Å². The summed E-state index contributed by atoms with van der Waals surface area (Å²) in [5, 5.41) is 7.92. The molecule has 88 valence electrons. The molecule has 3 atom stereocenters. The fraction of sp³-hybridized carbons (Fsp3) is 0.538. The second-order valence-electron chi connectivity index (χ2n) is 5.31. The molecular weight excluding hydrogens is 214 g/mol. The van der Waals surface area contributed by atoms with Crippen molar-refractivity contribution >= 4 is 5.71 Å². The Kier molecular flexibility index (Phi) is 1.86. The third kappa shape index (κ3) is 1.33. The highest BCUT2D eigenvalue weighted by molar-refractivity contribution is 6.01. The topological polar surface area (TPSA) is 46.5 Å². The molecule has 0 saturated carbocycles. The first-order valence-electron chi connectivity index (χ1n) is 6.27. The maximum Gasteiger partial charge on any atom is 0.160 e. The minimum Gasteiger partial charge on any atom is -0.387 e. The van der Waals surface area contributed by atoms with Crippen LogP contribution in [0.3, 0.4) is 0 Å². The molecule has 2 saturated heterocycles. The van der Waals surface area contributed by atoms with Crippen molar-refractivity contribution in [3.8, 4) is 0 Å². The van der Waals surface area contributed by atoms with Crippen molar-refractivity contribution in [2.75, 3.05) is 0 Å². The van der Waals surface area contributed by atoms with Crippen LogP contribution in [-0.4, -0.2) is 28.4 Å². The Bertz CT molecular complexity index is 473. The lowest BCUT2D eigenvalue weighted by Gasteiger charge is -2.29.